The maximum absolute atomic E-state index is 13.0. The third kappa shape index (κ3) is 6.75. The normalized spacial score (nSPS) is 10.8. The molecule has 0 aliphatic carbocycles. The number of unbranched alkanes of at least 4 members (excludes halogenated alkanes) is 1. The van der Waals surface area contributed by atoms with Crippen LogP contribution in [0.15, 0.2) is 29.3 Å². The van der Waals surface area contributed by atoms with Gasteiger partial charge in [-0.05, 0) is 24.1 Å². The van der Waals surface area contributed by atoms with E-state index in [4.69, 9.17) is 0 Å². The molecule has 0 fully saturated rings. The Kier molecular flexibility index (Phi) is 9.55. The lowest BCUT2D eigenvalue weighted by Gasteiger charge is -2.21. The lowest BCUT2D eigenvalue weighted by molar-refractivity contribution is 0.464. The van der Waals surface area contributed by atoms with Gasteiger partial charge in [-0.1, -0.05) is 25.5 Å². The Morgan fingerprint density at radius 3 is 2.74 bits per heavy atom. The average molecular weight is 379 g/mol. The smallest absolute Gasteiger partial charge is 0.193 e. The molecule has 0 radical (unpaired) electrons. The molecule has 3 nitrogen and oxygen atoms in total. The fraction of sp³-hybridized carbons (Fsp3) is 0.500. The number of benzene rings is 1. The van der Waals surface area contributed by atoms with E-state index in [9.17, 15) is 4.39 Å². The molecule has 1 aromatic carbocycles. The van der Waals surface area contributed by atoms with Gasteiger partial charge in [0.05, 0.1) is 0 Å². The zero-order valence-electron chi connectivity index (χ0n) is 11.8. The summed E-state index contributed by atoms with van der Waals surface area (Å²) >= 11 is 0. The Bertz CT molecular complexity index is 396. The SMILES string of the molecule is CCCCN(C)C(=NC)NCc1cccc(F)c1.I. The molecule has 0 aliphatic rings. The van der Waals surface area contributed by atoms with E-state index in [0.29, 0.717) is 6.54 Å². The van der Waals surface area contributed by atoms with Crippen LogP contribution in [0.25, 0.3) is 0 Å². The molecule has 19 heavy (non-hydrogen) atoms. The van der Waals surface area contributed by atoms with E-state index < -0.39 is 0 Å². The Morgan fingerprint density at radius 2 is 2.16 bits per heavy atom. The zero-order chi connectivity index (χ0) is 13.4. The molecule has 0 heterocycles. The Hall–Kier alpha value is -0.850. The third-order valence-corrected chi connectivity index (χ3v) is 2.76. The van der Waals surface area contributed by atoms with Crippen LogP contribution in [0.3, 0.4) is 0 Å². The molecule has 1 rings (SSSR count). The number of hydrogen-bond acceptors (Lipinski definition) is 1. The first-order chi connectivity index (χ1) is 8.67. The van der Waals surface area contributed by atoms with E-state index in [1.807, 2.05) is 13.1 Å². The van der Waals surface area contributed by atoms with Gasteiger partial charge in [0.15, 0.2) is 5.96 Å². The van der Waals surface area contributed by atoms with Gasteiger partial charge in [-0.25, -0.2) is 4.39 Å². The third-order valence-electron chi connectivity index (χ3n) is 2.76. The Labute approximate surface area is 132 Å². The summed E-state index contributed by atoms with van der Waals surface area (Å²) in [4.78, 5) is 6.30. The van der Waals surface area contributed by atoms with Crippen LogP contribution in [0.5, 0.6) is 0 Å². The molecule has 0 saturated carbocycles. The summed E-state index contributed by atoms with van der Waals surface area (Å²) in [5.74, 6) is 0.635. The number of aliphatic imine (C=N–C) groups is 1. The molecule has 0 aliphatic heterocycles. The Morgan fingerprint density at radius 1 is 1.42 bits per heavy atom. The van der Waals surface area contributed by atoms with Gasteiger partial charge in [-0.3, -0.25) is 4.99 Å². The summed E-state index contributed by atoms with van der Waals surface area (Å²) in [6, 6.07) is 6.60. The van der Waals surface area contributed by atoms with Crippen molar-refractivity contribution in [3.05, 3.63) is 35.6 Å². The molecular weight excluding hydrogens is 356 g/mol. The molecule has 1 aromatic rings. The van der Waals surface area contributed by atoms with Crippen LogP contribution in [0, 0.1) is 5.82 Å². The minimum absolute atomic E-state index is 0. The number of guanidine groups is 1. The molecule has 0 unspecified atom stereocenters. The lowest BCUT2D eigenvalue weighted by atomic mass is 10.2. The molecule has 0 bridgehead atoms. The quantitative estimate of drug-likeness (QED) is 0.483. The first-order valence-electron chi connectivity index (χ1n) is 6.33. The first-order valence-corrected chi connectivity index (χ1v) is 6.33. The number of nitrogens with one attached hydrogen (secondary N) is 1. The van der Waals surface area contributed by atoms with Crippen molar-refractivity contribution in [1.82, 2.24) is 10.2 Å². The summed E-state index contributed by atoms with van der Waals surface area (Å²) in [5.41, 5.74) is 0.917. The van der Waals surface area contributed by atoms with E-state index in [-0.39, 0.29) is 29.8 Å². The minimum atomic E-state index is -0.205. The zero-order valence-corrected chi connectivity index (χ0v) is 14.1. The fourth-order valence-electron chi connectivity index (χ4n) is 1.71. The highest BCUT2D eigenvalue weighted by molar-refractivity contribution is 14.0. The van der Waals surface area contributed by atoms with Crippen molar-refractivity contribution in [3.63, 3.8) is 0 Å². The van der Waals surface area contributed by atoms with Crippen LogP contribution in [-0.2, 0) is 6.54 Å². The second kappa shape index (κ2) is 10.00. The standard InChI is InChI=1S/C14H22FN3.HI/c1-4-5-9-18(3)14(16-2)17-11-12-7-6-8-13(15)10-12;/h6-8,10H,4-5,9,11H2,1-3H3,(H,16,17);1H. The van der Waals surface area contributed by atoms with Crippen LogP contribution in [0.1, 0.15) is 25.3 Å². The number of rotatable bonds is 5. The van der Waals surface area contributed by atoms with E-state index in [0.717, 1.165) is 30.9 Å². The molecular formula is C14H23FIN3. The average Bonchev–Trinajstić information content (AvgIpc) is 2.37. The highest BCUT2D eigenvalue weighted by atomic mass is 127. The molecule has 0 aromatic heterocycles. The van der Waals surface area contributed by atoms with Crippen LogP contribution in [0.4, 0.5) is 4.39 Å². The lowest BCUT2D eigenvalue weighted by Crippen LogP contribution is -2.38. The van der Waals surface area contributed by atoms with Crippen molar-refractivity contribution >= 4 is 29.9 Å². The maximum Gasteiger partial charge on any atom is 0.193 e. The van der Waals surface area contributed by atoms with Crippen LogP contribution >= 0.6 is 24.0 Å². The van der Waals surface area contributed by atoms with Gasteiger partial charge in [0.2, 0.25) is 0 Å². The van der Waals surface area contributed by atoms with E-state index >= 15 is 0 Å². The molecule has 0 amide bonds. The summed E-state index contributed by atoms with van der Waals surface area (Å²) < 4.78 is 13.0. The van der Waals surface area contributed by atoms with Gasteiger partial charge in [-0.15, -0.1) is 24.0 Å². The van der Waals surface area contributed by atoms with E-state index in [2.05, 4.69) is 22.1 Å². The Balaban J connectivity index is 0.00000324. The molecule has 108 valence electrons. The van der Waals surface area contributed by atoms with Gasteiger partial charge in [0, 0.05) is 27.2 Å². The van der Waals surface area contributed by atoms with Gasteiger partial charge >= 0.3 is 0 Å². The van der Waals surface area contributed by atoms with Crippen LogP contribution in [-0.4, -0.2) is 31.5 Å². The molecule has 0 saturated heterocycles. The van der Waals surface area contributed by atoms with Gasteiger partial charge in [-0.2, -0.15) is 0 Å². The summed E-state index contributed by atoms with van der Waals surface area (Å²) in [6.07, 6.45) is 2.29. The van der Waals surface area contributed by atoms with E-state index in [1.165, 1.54) is 12.1 Å². The van der Waals surface area contributed by atoms with Crippen molar-refractivity contribution in [2.75, 3.05) is 20.6 Å². The van der Waals surface area contributed by atoms with Crippen LogP contribution < -0.4 is 5.32 Å². The first kappa shape index (κ1) is 18.1. The van der Waals surface area contributed by atoms with Crippen molar-refractivity contribution in [3.8, 4) is 0 Å². The predicted molar refractivity (Wildman–Crippen MR) is 89.6 cm³/mol. The number of nitrogens with zero attached hydrogens (tertiary/aromatic N) is 2. The maximum atomic E-state index is 13.0. The predicted octanol–water partition coefficient (Wildman–Crippen LogP) is 3.25. The van der Waals surface area contributed by atoms with Crippen molar-refractivity contribution in [1.29, 1.82) is 0 Å². The fourth-order valence-corrected chi connectivity index (χ4v) is 1.71. The largest absolute Gasteiger partial charge is 0.352 e. The highest BCUT2D eigenvalue weighted by Gasteiger charge is 2.04. The van der Waals surface area contributed by atoms with E-state index in [1.54, 1.807) is 13.1 Å². The molecule has 1 N–H and O–H groups in total. The van der Waals surface area contributed by atoms with Crippen molar-refractivity contribution in [2.24, 2.45) is 4.99 Å². The minimum Gasteiger partial charge on any atom is -0.352 e. The van der Waals surface area contributed by atoms with Gasteiger partial charge in [0.25, 0.3) is 0 Å². The monoisotopic (exact) mass is 379 g/mol. The number of halogens is 2. The molecule has 0 spiro atoms. The van der Waals surface area contributed by atoms with Crippen molar-refractivity contribution < 1.29 is 4.39 Å². The topological polar surface area (TPSA) is 27.6 Å². The summed E-state index contributed by atoms with van der Waals surface area (Å²) in [6.45, 7) is 3.72. The number of hydrogen-bond donors (Lipinski definition) is 1. The second-order valence-corrected chi connectivity index (χ2v) is 4.31. The molecule has 0 atom stereocenters. The van der Waals surface area contributed by atoms with Gasteiger partial charge in [0.1, 0.15) is 5.82 Å². The van der Waals surface area contributed by atoms with Gasteiger partial charge < -0.3 is 10.2 Å². The van der Waals surface area contributed by atoms with Crippen LogP contribution in [0.2, 0.25) is 0 Å². The summed E-state index contributed by atoms with van der Waals surface area (Å²) in [7, 11) is 3.77. The highest BCUT2D eigenvalue weighted by Crippen LogP contribution is 2.03. The van der Waals surface area contributed by atoms with Crippen molar-refractivity contribution in [2.45, 2.75) is 26.3 Å². The second-order valence-electron chi connectivity index (χ2n) is 4.31. The molecule has 5 heteroatoms. The summed E-state index contributed by atoms with van der Waals surface area (Å²) in [5, 5.41) is 3.23.